The van der Waals surface area contributed by atoms with Gasteiger partial charge in [-0.25, -0.2) is 0 Å². The molecule has 1 aromatic heterocycles. The lowest BCUT2D eigenvalue weighted by Gasteiger charge is -2.09. The van der Waals surface area contributed by atoms with Crippen molar-refractivity contribution >= 4 is 22.8 Å². The molecule has 3 rings (SSSR count). The molecule has 0 unspecified atom stereocenters. The number of carbonyl (C=O) groups is 2. The predicted molar refractivity (Wildman–Crippen MR) is 92.7 cm³/mol. The Hall–Kier alpha value is -2.30. The van der Waals surface area contributed by atoms with Crippen molar-refractivity contribution in [1.29, 1.82) is 0 Å². The Morgan fingerprint density at radius 2 is 2.04 bits per heavy atom. The molecule has 0 bridgehead atoms. The third-order valence-corrected chi connectivity index (χ3v) is 4.78. The number of amides is 2. The number of fused-ring (bicyclic) bond motifs is 1. The number of likely N-dealkylation sites (N-methyl/N-ethyl adjacent to an activating group) is 1. The van der Waals surface area contributed by atoms with Crippen LogP contribution in [-0.2, 0) is 22.4 Å². The maximum absolute atomic E-state index is 12.1. The number of furan rings is 1. The summed E-state index contributed by atoms with van der Waals surface area (Å²) in [4.78, 5) is 23.6. The van der Waals surface area contributed by atoms with Gasteiger partial charge in [-0.2, -0.15) is 0 Å². The van der Waals surface area contributed by atoms with Crippen LogP contribution in [0.3, 0.4) is 0 Å². The van der Waals surface area contributed by atoms with E-state index in [0.717, 1.165) is 41.4 Å². The van der Waals surface area contributed by atoms with Gasteiger partial charge in [-0.15, -0.1) is 0 Å². The van der Waals surface area contributed by atoms with Crippen molar-refractivity contribution in [2.45, 2.75) is 38.5 Å². The van der Waals surface area contributed by atoms with Gasteiger partial charge in [-0.3, -0.25) is 9.59 Å². The van der Waals surface area contributed by atoms with Gasteiger partial charge in [-0.1, -0.05) is 18.9 Å². The van der Waals surface area contributed by atoms with E-state index in [-0.39, 0.29) is 17.7 Å². The lowest BCUT2D eigenvalue weighted by atomic mass is 10.0. The first-order valence-electron chi connectivity index (χ1n) is 8.64. The highest BCUT2D eigenvalue weighted by Gasteiger charge is 2.22. The number of hydrogen-bond acceptors (Lipinski definition) is 3. The number of nitrogens with one attached hydrogen (secondary N) is 2. The number of benzene rings is 1. The molecule has 1 aromatic carbocycles. The molecular formula is C19H24N2O3. The van der Waals surface area contributed by atoms with Crippen LogP contribution in [0.5, 0.6) is 0 Å². The Labute approximate surface area is 141 Å². The van der Waals surface area contributed by atoms with Gasteiger partial charge in [0.25, 0.3) is 0 Å². The molecule has 1 aliphatic rings. The van der Waals surface area contributed by atoms with E-state index in [0.29, 0.717) is 13.0 Å². The normalized spacial score (nSPS) is 14.9. The SMILES string of the molecule is CNC(=O)Cc1ccc2occ(CCNC(=O)C3CCCC3)c2c1. The van der Waals surface area contributed by atoms with E-state index in [2.05, 4.69) is 10.6 Å². The molecule has 2 aromatic rings. The first kappa shape index (κ1) is 16.6. The lowest BCUT2D eigenvalue weighted by molar-refractivity contribution is -0.124. The van der Waals surface area contributed by atoms with E-state index in [9.17, 15) is 9.59 Å². The van der Waals surface area contributed by atoms with Crippen LogP contribution in [0.2, 0.25) is 0 Å². The molecule has 0 saturated heterocycles. The summed E-state index contributed by atoms with van der Waals surface area (Å²) in [6.07, 6.45) is 7.20. The second kappa shape index (κ2) is 7.51. The molecule has 0 aliphatic heterocycles. The fourth-order valence-electron chi connectivity index (χ4n) is 3.36. The maximum atomic E-state index is 12.1. The summed E-state index contributed by atoms with van der Waals surface area (Å²) in [5.41, 5.74) is 2.84. The largest absolute Gasteiger partial charge is 0.464 e. The van der Waals surface area contributed by atoms with Crippen molar-refractivity contribution in [3.8, 4) is 0 Å². The topological polar surface area (TPSA) is 71.3 Å². The molecule has 2 N–H and O–H groups in total. The highest BCUT2D eigenvalue weighted by atomic mass is 16.3. The zero-order chi connectivity index (χ0) is 16.9. The van der Waals surface area contributed by atoms with Crippen LogP contribution in [0, 0.1) is 5.92 Å². The van der Waals surface area contributed by atoms with Gasteiger partial charge >= 0.3 is 0 Å². The zero-order valence-corrected chi connectivity index (χ0v) is 14.1. The molecule has 0 spiro atoms. The van der Waals surface area contributed by atoms with Crippen LogP contribution >= 0.6 is 0 Å². The average Bonchev–Trinajstić information content (AvgIpc) is 3.24. The molecule has 0 radical (unpaired) electrons. The van der Waals surface area contributed by atoms with Gasteiger partial charge in [0.05, 0.1) is 12.7 Å². The third-order valence-electron chi connectivity index (χ3n) is 4.78. The summed E-state index contributed by atoms with van der Waals surface area (Å²) in [5.74, 6) is 0.370. The molecule has 5 nitrogen and oxygen atoms in total. The van der Waals surface area contributed by atoms with Gasteiger partial charge in [-0.05, 0) is 42.5 Å². The van der Waals surface area contributed by atoms with Gasteiger partial charge < -0.3 is 15.1 Å². The molecular weight excluding hydrogens is 304 g/mol. The van der Waals surface area contributed by atoms with Gasteiger partial charge in [0, 0.05) is 24.9 Å². The Bertz CT molecular complexity index is 729. The van der Waals surface area contributed by atoms with Crippen LogP contribution in [0.4, 0.5) is 0 Å². The summed E-state index contributed by atoms with van der Waals surface area (Å²) < 4.78 is 5.58. The second-order valence-electron chi connectivity index (χ2n) is 6.46. The van der Waals surface area contributed by atoms with Crippen molar-refractivity contribution in [2.24, 2.45) is 5.92 Å². The highest BCUT2D eigenvalue weighted by molar-refractivity contribution is 5.84. The first-order valence-corrected chi connectivity index (χ1v) is 8.64. The highest BCUT2D eigenvalue weighted by Crippen LogP contribution is 2.25. The predicted octanol–water partition coefficient (Wildman–Crippen LogP) is 2.57. The Morgan fingerprint density at radius 1 is 1.25 bits per heavy atom. The van der Waals surface area contributed by atoms with Crippen molar-refractivity contribution in [3.63, 3.8) is 0 Å². The van der Waals surface area contributed by atoms with Crippen LogP contribution < -0.4 is 10.6 Å². The smallest absolute Gasteiger partial charge is 0.224 e. The van der Waals surface area contributed by atoms with E-state index in [1.807, 2.05) is 18.2 Å². The standard InChI is InChI=1S/C19H24N2O3/c1-20-18(22)11-13-6-7-17-16(10-13)15(12-24-17)8-9-21-19(23)14-4-2-3-5-14/h6-7,10,12,14H,2-5,8-9,11H2,1H3,(H,20,22)(H,21,23). The maximum Gasteiger partial charge on any atom is 0.224 e. The van der Waals surface area contributed by atoms with Crippen molar-refractivity contribution in [1.82, 2.24) is 10.6 Å². The van der Waals surface area contributed by atoms with Gasteiger partial charge in [0.15, 0.2) is 0 Å². The minimum atomic E-state index is -0.0109. The quantitative estimate of drug-likeness (QED) is 0.856. The molecule has 128 valence electrons. The van der Waals surface area contributed by atoms with E-state index in [1.54, 1.807) is 13.3 Å². The summed E-state index contributed by atoms with van der Waals surface area (Å²) in [5, 5.41) is 6.69. The molecule has 5 heteroatoms. The molecule has 24 heavy (non-hydrogen) atoms. The Balaban J connectivity index is 1.62. The molecule has 1 saturated carbocycles. The fourth-order valence-corrected chi connectivity index (χ4v) is 3.36. The average molecular weight is 328 g/mol. The molecule has 2 amide bonds. The lowest BCUT2D eigenvalue weighted by Crippen LogP contribution is -2.30. The number of carbonyl (C=O) groups excluding carboxylic acids is 2. The van der Waals surface area contributed by atoms with Crippen molar-refractivity contribution in [3.05, 3.63) is 35.6 Å². The zero-order valence-electron chi connectivity index (χ0n) is 14.1. The van der Waals surface area contributed by atoms with Gasteiger partial charge in [0.1, 0.15) is 5.58 Å². The Morgan fingerprint density at radius 3 is 2.79 bits per heavy atom. The van der Waals surface area contributed by atoms with Crippen molar-refractivity contribution < 1.29 is 14.0 Å². The van der Waals surface area contributed by atoms with E-state index in [1.165, 1.54) is 12.8 Å². The first-order chi connectivity index (χ1) is 11.7. The second-order valence-corrected chi connectivity index (χ2v) is 6.46. The van der Waals surface area contributed by atoms with E-state index in [4.69, 9.17) is 4.42 Å². The summed E-state index contributed by atoms with van der Waals surface area (Å²) in [7, 11) is 1.64. The van der Waals surface area contributed by atoms with Crippen molar-refractivity contribution in [2.75, 3.05) is 13.6 Å². The van der Waals surface area contributed by atoms with E-state index >= 15 is 0 Å². The number of hydrogen-bond donors (Lipinski definition) is 2. The molecule has 0 atom stereocenters. The molecule has 1 aliphatic carbocycles. The minimum Gasteiger partial charge on any atom is -0.464 e. The summed E-state index contributed by atoms with van der Waals surface area (Å²) >= 11 is 0. The number of rotatable bonds is 6. The minimum absolute atomic E-state index is 0.0109. The molecule has 1 fully saturated rings. The summed E-state index contributed by atoms with van der Waals surface area (Å²) in [6.45, 7) is 0.615. The van der Waals surface area contributed by atoms with Crippen LogP contribution in [0.1, 0.15) is 36.8 Å². The van der Waals surface area contributed by atoms with E-state index < -0.39 is 0 Å². The third kappa shape index (κ3) is 3.78. The monoisotopic (exact) mass is 328 g/mol. The van der Waals surface area contributed by atoms with Crippen LogP contribution in [0.15, 0.2) is 28.9 Å². The summed E-state index contributed by atoms with van der Waals surface area (Å²) in [6, 6.07) is 5.81. The van der Waals surface area contributed by atoms with Crippen LogP contribution in [0.25, 0.3) is 11.0 Å². The van der Waals surface area contributed by atoms with Gasteiger partial charge in [0.2, 0.25) is 11.8 Å². The fraction of sp³-hybridized carbons (Fsp3) is 0.474. The molecule has 1 heterocycles. The Kier molecular flexibility index (Phi) is 5.18. The van der Waals surface area contributed by atoms with Crippen LogP contribution in [-0.4, -0.2) is 25.4 Å².